The minimum absolute atomic E-state index is 0.438. The van der Waals surface area contributed by atoms with Crippen molar-refractivity contribution in [1.29, 1.82) is 0 Å². The second-order valence-corrected chi connectivity index (χ2v) is 24.2. The van der Waals surface area contributed by atoms with Crippen molar-refractivity contribution in [2.75, 3.05) is 9.80 Å². The number of hydrogen-bond donors (Lipinski definition) is 0. The van der Waals surface area contributed by atoms with E-state index in [2.05, 4.69) is 244 Å². The molecule has 0 atom stereocenters. The Hall–Kier alpha value is -9.12. The second-order valence-electron chi connectivity index (χ2n) is 24.2. The zero-order valence-electron chi connectivity index (χ0n) is 48.6. The van der Waals surface area contributed by atoms with Crippen molar-refractivity contribution in [2.24, 2.45) is 0 Å². The summed E-state index contributed by atoms with van der Waals surface area (Å²) in [5, 5.41) is 12.5. The smallest absolute Gasteiger partial charge is 0.159 e. The number of nitrogens with zero attached hydrogens (tertiary/aromatic N) is 2. The van der Waals surface area contributed by atoms with Gasteiger partial charge in [-0.3, -0.25) is 0 Å². The van der Waals surface area contributed by atoms with Crippen LogP contribution in [0, 0.1) is 13.8 Å². The second kappa shape index (κ2) is 20.3. The van der Waals surface area contributed by atoms with Crippen LogP contribution in [0.15, 0.2) is 215 Å². The maximum atomic E-state index is 7.40. The van der Waals surface area contributed by atoms with Gasteiger partial charge in [0.1, 0.15) is 11.2 Å². The van der Waals surface area contributed by atoms with Crippen LogP contribution < -0.4 is 9.80 Å². The van der Waals surface area contributed by atoms with E-state index in [1.807, 2.05) is 0 Å². The lowest BCUT2D eigenvalue weighted by molar-refractivity contribution is 0.669. The number of hydrogen-bond acceptors (Lipinski definition) is 4. The van der Waals surface area contributed by atoms with E-state index in [4.69, 9.17) is 8.83 Å². The fourth-order valence-electron chi connectivity index (χ4n) is 15.3. The summed E-state index contributed by atoms with van der Waals surface area (Å²) in [6.45, 7) is 8.93. The molecule has 4 heteroatoms. The maximum absolute atomic E-state index is 7.40. The molecule has 0 spiro atoms. The molecule has 0 amide bonds. The molecule has 2 saturated carbocycles. The van der Waals surface area contributed by atoms with Crippen LogP contribution in [0.4, 0.5) is 34.1 Å². The first-order valence-corrected chi connectivity index (χ1v) is 31.0. The molecule has 0 N–H and O–H groups in total. The number of furan rings is 2. The van der Waals surface area contributed by atoms with Gasteiger partial charge in [0.2, 0.25) is 0 Å². The normalized spacial score (nSPS) is 14.3. The van der Waals surface area contributed by atoms with Gasteiger partial charge >= 0.3 is 0 Å². The Balaban J connectivity index is 1.01. The van der Waals surface area contributed by atoms with Crippen molar-refractivity contribution in [3.63, 3.8) is 0 Å². The minimum atomic E-state index is 0.438. The quantitative estimate of drug-likeness (QED) is 0.114. The summed E-state index contributed by atoms with van der Waals surface area (Å²) in [4.78, 5) is 5.13. The third-order valence-electron chi connectivity index (χ3n) is 19.5. The fourth-order valence-corrected chi connectivity index (χ4v) is 15.3. The summed E-state index contributed by atoms with van der Waals surface area (Å²) in [6.07, 6.45) is 11.6. The Morgan fingerprint density at radius 1 is 0.333 bits per heavy atom. The number of aryl methyl sites for hydroxylation is 4. The third kappa shape index (κ3) is 8.01. The Morgan fingerprint density at radius 3 is 1.12 bits per heavy atom. The largest absolute Gasteiger partial charge is 0.453 e. The molecule has 4 nitrogen and oxygen atoms in total. The first-order chi connectivity index (χ1) is 41.4. The van der Waals surface area contributed by atoms with Gasteiger partial charge in [0, 0.05) is 54.8 Å². The molecule has 14 aromatic rings. The van der Waals surface area contributed by atoms with Gasteiger partial charge < -0.3 is 18.6 Å². The van der Waals surface area contributed by atoms with E-state index in [0.29, 0.717) is 11.8 Å². The van der Waals surface area contributed by atoms with Crippen molar-refractivity contribution >= 4 is 110 Å². The Morgan fingerprint density at radius 2 is 0.702 bits per heavy atom. The lowest BCUT2D eigenvalue weighted by Gasteiger charge is -2.32. The summed E-state index contributed by atoms with van der Waals surface area (Å²) in [6, 6.07) is 77.9. The number of benzene rings is 12. The lowest BCUT2D eigenvalue weighted by atomic mass is 9.82. The summed E-state index contributed by atoms with van der Waals surface area (Å²) >= 11 is 0. The van der Waals surface area contributed by atoms with Crippen LogP contribution in [0.5, 0.6) is 0 Å². The van der Waals surface area contributed by atoms with Gasteiger partial charge in [-0.2, -0.15) is 0 Å². The van der Waals surface area contributed by atoms with Crippen LogP contribution in [-0.4, -0.2) is 0 Å². The molecule has 2 fully saturated rings. The van der Waals surface area contributed by atoms with E-state index < -0.39 is 0 Å². The molecule has 0 bridgehead atoms. The van der Waals surface area contributed by atoms with Crippen LogP contribution in [0.3, 0.4) is 0 Å². The summed E-state index contributed by atoms with van der Waals surface area (Å²) in [5.41, 5.74) is 22.9. The third-order valence-corrected chi connectivity index (χ3v) is 19.5. The van der Waals surface area contributed by atoms with Gasteiger partial charge in [-0.15, -0.1) is 0 Å². The average Bonchev–Trinajstić information content (AvgIpc) is 4.04. The van der Waals surface area contributed by atoms with Gasteiger partial charge in [-0.1, -0.05) is 197 Å². The van der Waals surface area contributed by atoms with Gasteiger partial charge in [-0.25, -0.2) is 0 Å². The molecule has 0 unspecified atom stereocenters. The molecular formula is C80H68N2O2. The highest BCUT2D eigenvalue weighted by Crippen LogP contribution is 2.55. The zero-order chi connectivity index (χ0) is 56.2. The molecule has 2 aliphatic rings. The van der Waals surface area contributed by atoms with Crippen molar-refractivity contribution in [2.45, 2.75) is 104 Å². The van der Waals surface area contributed by atoms with E-state index in [1.54, 1.807) is 0 Å². The Bertz CT molecular complexity index is 4580. The van der Waals surface area contributed by atoms with Gasteiger partial charge in [0.05, 0.1) is 22.7 Å². The van der Waals surface area contributed by atoms with E-state index >= 15 is 0 Å². The molecule has 0 aliphatic heterocycles. The molecule has 16 rings (SSSR count). The van der Waals surface area contributed by atoms with Crippen molar-refractivity contribution < 1.29 is 8.83 Å². The highest BCUT2D eigenvalue weighted by Gasteiger charge is 2.32. The van der Waals surface area contributed by atoms with Crippen LogP contribution in [-0.2, 0) is 12.8 Å². The summed E-state index contributed by atoms with van der Waals surface area (Å²) in [7, 11) is 0. The van der Waals surface area contributed by atoms with Crippen molar-refractivity contribution in [3.05, 3.63) is 240 Å². The molecule has 0 saturated heterocycles. The highest BCUT2D eigenvalue weighted by molar-refractivity contribution is 6.30. The number of para-hydroxylation sites is 4. The maximum Gasteiger partial charge on any atom is 0.159 e. The van der Waals surface area contributed by atoms with E-state index in [-0.39, 0.29) is 0 Å². The molecule has 410 valence electrons. The molecule has 0 radical (unpaired) electrons. The first-order valence-electron chi connectivity index (χ1n) is 31.0. The SMILES string of the molecule is CCc1cccc(N(c2cc(C3CCCC3)c3ccc4c(N(c5cccc(CC)c5)c5cccc6c5oc5c(-c7ccccc7C)cccc56)cc(C5CCCC5)c5ccc2c3c54)c2cccc3c2oc2c(-c4ccccc4C)cccc23)c1. The minimum Gasteiger partial charge on any atom is -0.453 e. The van der Waals surface area contributed by atoms with E-state index in [0.717, 1.165) is 90.6 Å². The fraction of sp³-hybridized carbons (Fsp3) is 0.200. The number of anilines is 6. The van der Waals surface area contributed by atoms with Crippen molar-refractivity contribution in [1.82, 2.24) is 0 Å². The monoisotopic (exact) mass is 1090 g/mol. The summed E-state index contributed by atoms with van der Waals surface area (Å²) in [5.74, 6) is 0.876. The zero-order valence-corrected chi connectivity index (χ0v) is 48.6. The molecule has 84 heavy (non-hydrogen) atoms. The van der Waals surface area contributed by atoms with Crippen LogP contribution >= 0.6 is 0 Å². The van der Waals surface area contributed by atoms with Crippen LogP contribution in [0.25, 0.3) is 98.4 Å². The Labute approximate surface area is 491 Å². The van der Waals surface area contributed by atoms with Crippen LogP contribution in [0.1, 0.15) is 110 Å². The molecule has 2 heterocycles. The molecule has 2 aliphatic carbocycles. The van der Waals surface area contributed by atoms with Gasteiger partial charge in [-0.05, 0) is 179 Å². The van der Waals surface area contributed by atoms with E-state index in [9.17, 15) is 0 Å². The predicted octanol–water partition coefficient (Wildman–Crippen LogP) is 23.7. The summed E-state index contributed by atoms with van der Waals surface area (Å²) < 4.78 is 14.8. The van der Waals surface area contributed by atoms with Crippen molar-refractivity contribution in [3.8, 4) is 22.3 Å². The van der Waals surface area contributed by atoms with E-state index in [1.165, 1.54) is 140 Å². The van der Waals surface area contributed by atoms with Crippen LogP contribution in [0.2, 0.25) is 0 Å². The molecular weight excluding hydrogens is 1020 g/mol. The van der Waals surface area contributed by atoms with Gasteiger partial charge in [0.15, 0.2) is 11.2 Å². The molecule has 2 aromatic heterocycles. The standard InChI is InChI=1S/C80H68N2O2/c1-5-51-23-15-29-55(45-51)81(71-39-19-37-65-63-35-17-33-61(77(63)83-79(65)71)57-31-13-7-21-49(57)3)73-47-69(53-25-9-10-26-53)59-42-44-68-74(48-70(54-27-11-12-28-54)60-41-43-67(73)75(59)76(60)68)82(56-30-16-24-52(6-2)46-56)72-40-20-38-66-64-36-18-34-62(78(64)84-80(66)72)58-32-14-8-22-50(58)4/h7-8,13-24,29-48,53-54H,5-6,9-12,25-28H2,1-4H3. The first kappa shape index (κ1) is 50.6. The molecule has 12 aromatic carbocycles. The lowest BCUT2D eigenvalue weighted by Crippen LogP contribution is -2.14. The topological polar surface area (TPSA) is 32.8 Å². The van der Waals surface area contributed by atoms with Gasteiger partial charge in [0.25, 0.3) is 0 Å². The number of rotatable bonds is 12. The predicted molar refractivity (Wildman–Crippen MR) is 356 cm³/mol. The Kier molecular flexibility index (Phi) is 12.3. The average molecular weight is 1090 g/mol. The highest BCUT2D eigenvalue weighted by atomic mass is 16.3. The number of fused-ring (bicyclic) bond motifs is 6.